The monoisotopic (exact) mass is 241 g/mol. The first kappa shape index (κ1) is 12.9. The van der Waals surface area contributed by atoms with E-state index in [0.29, 0.717) is 18.0 Å². The number of aromatic nitrogens is 2. The number of nitrogens with one attached hydrogen (secondary N) is 1. The maximum absolute atomic E-state index is 11.6. The summed E-state index contributed by atoms with van der Waals surface area (Å²) in [5, 5.41) is 2.72. The number of rotatable bonds is 5. The second-order valence-electron chi connectivity index (χ2n) is 4.06. The van der Waals surface area contributed by atoms with Crippen LogP contribution >= 0.6 is 11.6 Å². The quantitative estimate of drug-likeness (QED) is 0.801. The van der Waals surface area contributed by atoms with Crippen molar-refractivity contribution in [2.24, 2.45) is 5.92 Å². The summed E-state index contributed by atoms with van der Waals surface area (Å²) < 4.78 is 0. The van der Waals surface area contributed by atoms with E-state index in [1.165, 1.54) is 18.7 Å². The van der Waals surface area contributed by atoms with Gasteiger partial charge in [-0.1, -0.05) is 13.8 Å². The summed E-state index contributed by atoms with van der Waals surface area (Å²) in [7, 11) is 0. The lowest BCUT2D eigenvalue weighted by molar-refractivity contribution is 0.0952. The molecule has 1 aromatic rings. The number of hydrogen-bond acceptors (Lipinski definition) is 3. The van der Waals surface area contributed by atoms with Gasteiger partial charge in [0.2, 0.25) is 0 Å². The van der Waals surface area contributed by atoms with Crippen molar-refractivity contribution in [3.63, 3.8) is 0 Å². The second kappa shape index (κ2) is 6.43. The Balaban J connectivity index is 2.36. The van der Waals surface area contributed by atoms with Crippen molar-refractivity contribution < 1.29 is 4.79 Å². The third-order valence-electron chi connectivity index (χ3n) is 2.03. The van der Waals surface area contributed by atoms with Crippen molar-refractivity contribution in [1.29, 1.82) is 0 Å². The molecular weight excluding hydrogens is 226 g/mol. The minimum absolute atomic E-state index is 0.0337. The van der Waals surface area contributed by atoms with E-state index in [2.05, 4.69) is 29.1 Å². The van der Waals surface area contributed by atoms with Crippen molar-refractivity contribution in [3.05, 3.63) is 24.3 Å². The molecule has 1 rings (SSSR count). The van der Waals surface area contributed by atoms with Gasteiger partial charge in [0.05, 0.1) is 10.9 Å². The fourth-order valence-corrected chi connectivity index (χ4v) is 1.75. The highest BCUT2D eigenvalue weighted by molar-refractivity contribution is 6.20. The van der Waals surface area contributed by atoms with Gasteiger partial charge in [-0.15, -0.1) is 11.6 Å². The van der Waals surface area contributed by atoms with Gasteiger partial charge in [-0.05, 0) is 12.3 Å². The zero-order chi connectivity index (χ0) is 12.0. The van der Waals surface area contributed by atoms with Gasteiger partial charge in [0, 0.05) is 18.9 Å². The van der Waals surface area contributed by atoms with Crippen LogP contribution in [0.3, 0.4) is 0 Å². The van der Waals surface area contributed by atoms with E-state index < -0.39 is 0 Å². The van der Waals surface area contributed by atoms with Gasteiger partial charge in [-0.2, -0.15) is 0 Å². The van der Waals surface area contributed by atoms with Crippen LogP contribution in [-0.4, -0.2) is 27.8 Å². The Bertz CT molecular complexity index is 329. The lowest BCUT2D eigenvalue weighted by Gasteiger charge is -2.12. The van der Waals surface area contributed by atoms with Crippen LogP contribution in [0, 0.1) is 5.92 Å². The minimum Gasteiger partial charge on any atom is -0.350 e. The van der Waals surface area contributed by atoms with E-state index in [0.717, 1.165) is 6.42 Å². The Kier molecular flexibility index (Phi) is 5.19. The summed E-state index contributed by atoms with van der Waals surface area (Å²) >= 11 is 6.06. The van der Waals surface area contributed by atoms with Gasteiger partial charge in [0.1, 0.15) is 6.33 Å². The standard InChI is InChI=1S/C11H16ClN3O/c1-8(2)3-10(12)6-15-11(16)9-4-13-7-14-5-9/h4-5,7-8,10H,3,6H2,1-2H3,(H,15,16). The van der Waals surface area contributed by atoms with Crippen molar-refractivity contribution in [1.82, 2.24) is 15.3 Å². The Labute approximate surface area is 100 Å². The summed E-state index contributed by atoms with van der Waals surface area (Å²) in [6.07, 6.45) is 5.23. The van der Waals surface area contributed by atoms with Gasteiger partial charge in [0.15, 0.2) is 0 Å². The third-order valence-corrected chi connectivity index (χ3v) is 2.37. The fourth-order valence-electron chi connectivity index (χ4n) is 1.32. The molecule has 1 heterocycles. The number of hydrogen-bond donors (Lipinski definition) is 1. The van der Waals surface area contributed by atoms with Gasteiger partial charge in [0.25, 0.3) is 5.91 Å². The van der Waals surface area contributed by atoms with Gasteiger partial charge in [-0.3, -0.25) is 4.79 Å². The SMILES string of the molecule is CC(C)CC(Cl)CNC(=O)c1cncnc1. The predicted molar refractivity (Wildman–Crippen MR) is 63.5 cm³/mol. The molecule has 1 atom stereocenters. The summed E-state index contributed by atoms with van der Waals surface area (Å²) in [5.41, 5.74) is 0.455. The largest absolute Gasteiger partial charge is 0.350 e. The molecule has 1 amide bonds. The Morgan fingerprint density at radius 3 is 2.62 bits per heavy atom. The van der Waals surface area contributed by atoms with Crippen LogP contribution < -0.4 is 5.32 Å². The first-order valence-electron chi connectivity index (χ1n) is 5.27. The molecule has 0 saturated heterocycles. The molecule has 0 saturated carbocycles. The van der Waals surface area contributed by atoms with E-state index in [4.69, 9.17) is 11.6 Å². The van der Waals surface area contributed by atoms with Crippen LogP contribution in [0.25, 0.3) is 0 Å². The Morgan fingerprint density at radius 2 is 2.06 bits per heavy atom. The van der Waals surface area contributed by atoms with Crippen molar-refractivity contribution in [2.75, 3.05) is 6.54 Å². The van der Waals surface area contributed by atoms with Crippen LogP contribution in [0.15, 0.2) is 18.7 Å². The zero-order valence-corrected chi connectivity index (χ0v) is 10.2. The summed E-state index contributed by atoms with van der Waals surface area (Å²) in [4.78, 5) is 19.1. The van der Waals surface area contributed by atoms with Crippen LogP contribution in [-0.2, 0) is 0 Å². The molecule has 0 radical (unpaired) electrons. The molecule has 1 N–H and O–H groups in total. The molecule has 0 aliphatic carbocycles. The zero-order valence-electron chi connectivity index (χ0n) is 9.48. The number of halogens is 1. The minimum atomic E-state index is -0.185. The average Bonchev–Trinajstić information content (AvgIpc) is 2.26. The Morgan fingerprint density at radius 1 is 1.44 bits per heavy atom. The van der Waals surface area contributed by atoms with Gasteiger partial charge >= 0.3 is 0 Å². The van der Waals surface area contributed by atoms with E-state index in [1.807, 2.05) is 0 Å². The summed E-state index contributed by atoms with van der Waals surface area (Å²) in [5.74, 6) is 0.342. The number of amides is 1. The lowest BCUT2D eigenvalue weighted by Crippen LogP contribution is -2.30. The second-order valence-corrected chi connectivity index (χ2v) is 4.68. The molecule has 0 bridgehead atoms. The lowest BCUT2D eigenvalue weighted by atomic mass is 10.1. The fraction of sp³-hybridized carbons (Fsp3) is 0.545. The highest BCUT2D eigenvalue weighted by atomic mass is 35.5. The first-order chi connectivity index (χ1) is 7.59. The predicted octanol–water partition coefficient (Wildman–Crippen LogP) is 1.86. The van der Waals surface area contributed by atoms with Gasteiger partial charge < -0.3 is 5.32 Å². The van der Waals surface area contributed by atoms with Crippen molar-refractivity contribution in [3.8, 4) is 0 Å². The van der Waals surface area contributed by atoms with E-state index in [1.54, 1.807) is 0 Å². The molecule has 0 aliphatic rings. The number of alkyl halides is 1. The molecule has 4 nitrogen and oxygen atoms in total. The molecule has 5 heteroatoms. The highest BCUT2D eigenvalue weighted by Crippen LogP contribution is 2.09. The van der Waals surface area contributed by atoms with Crippen LogP contribution in [0.2, 0.25) is 0 Å². The van der Waals surface area contributed by atoms with Crippen molar-refractivity contribution >= 4 is 17.5 Å². The molecule has 88 valence electrons. The normalized spacial score (nSPS) is 12.5. The third kappa shape index (κ3) is 4.57. The topological polar surface area (TPSA) is 54.9 Å². The van der Waals surface area contributed by atoms with Crippen LogP contribution in [0.5, 0.6) is 0 Å². The molecule has 0 aromatic carbocycles. The van der Waals surface area contributed by atoms with E-state index in [-0.39, 0.29) is 11.3 Å². The number of carbonyl (C=O) groups excluding carboxylic acids is 1. The molecular formula is C11H16ClN3O. The summed E-state index contributed by atoms with van der Waals surface area (Å²) in [6, 6.07) is 0. The molecule has 0 spiro atoms. The highest BCUT2D eigenvalue weighted by Gasteiger charge is 2.10. The first-order valence-corrected chi connectivity index (χ1v) is 5.70. The van der Waals surface area contributed by atoms with E-state index >= 15 is 0 Å². The van der Waals surface area contributed by atoms with Crippen LogP contribution in [0.1, 0.15) is 30.6 Å². The van der Waals surface area contributed by atoms with Crippen LogP contribution in [0.4, 0.5) is 0 Å². The molecule has 16 heavy (non-hydrogen) atoms. The average molecular weight is 242 g/mol. The molecule has 0 fully saturated rings. The molecule has 1 unspecified atom stereocenters. The Hall–Kier alpha value is -1.16. The maximum Gasteiger partial charge on any atom is 0.254 e. The maximum atomic E-state index is 11.6. The molecule has 0 aliphatic heterocycles. The summed E-state index contributed by atoms with van der Waals surface area (Å²) in [6.45, 7) is 4.66. The molecule has 1 aromatic heterocycles. The van der Waals surface area contributed by atoms with Crippen molar-refractivity contribution in [2.45, 2.75) is 25.6 Å². The van der Waals surface area contributed by atoms with Gasteiger partial charge in [-0.25, -0.2) is 9.97 Å². The number of nitrogens with zero attached hydrogens (tertiary/aromatic N) is 2. The smallest absolute Gasteiger partial charge is 0.254 e. The van der Waals surface area contributed by atoms with E-state index in [9.17, 15) is 4.79 Å². The number of carbonyl (C=O) groups is 1.